The third-order valence-electron chi connectivity index (χ3n) is 4.35. The number of nitrogens with one attached hydrogen (secondary N) is 1. The number of halogens is 1. The molecule has 0 atom stereocenters. The summed E-state index contributed by atoms with van der Waals surface area (Å²) in [6.07, 6.45) is 6.01. The van der Waals surface area contributed by atoms with Crippen LogP contribution in [0.2, 0.25) is 0 Å². The van der Waals surface area contributed by atoms with E-state index in [1.54, 1.807) is 43.1 Å². The highest BCUT2D eigenvalue weighted by Crippen LogP contribution is 2.24. The molecule has 1 aromatic carbocycles. The molecule has 152 valence electrons. The normalized spacial score (nSPS) is 10.8. The van der Waals surface area contributed by atoms with Crippen LogP contribution in [0.25, 0.3) is 17.2 Å². The zero-order valence-electron chi connectivity index (χ0n) is 16.5. The van der Waals surface area contributed by atoms with E-state index in [4.69, 9.17) is 4.74 Å². The summed E-state index contributed by atoms with van der Waals surface area (Å²) in [5.41, 5.74) is 2.22. The van der Waals surface area contributed by atoms with Gasteiger partial charge in [0.25, 0.3) is 11.9 Å². The van der Waals surface area contributed by atoms with E-state index in [-0.39, 0.29) is 11.7 Å². The maximum absolute atomic E-state index is 14.0. The molecule has 9 heteroatoms. The van der Waals surface area contributed by atoms with Crippen molar-refractivity contribution < 1.29 is 13.9 Å². The Morgan fingerprint density at radius 1 is 1.34 bits per heavy atom. The largest absolute Gasteiger partial charge is 0.494 e. The Morgan fingerprint density at radius 2 is 2.17 bits per heavy atom. The van der Waals surface area contributed by atoms with Crippen molar-refractivity contribution in [3.05, 3.63) is 53.7 Å². The molecule has 29 heavy (non-hydrogen) atoms. The molecule has 3 aromatic rings. The van der Waals surface area contributed by atoms with E-state index in [1.807, 2.05) is 6.26 Å². The molecule has 0 saturated heterocycles. The third-order valence-corrected chi connectivity index (χ3v) is 5.04. The molecular formula is C20H22FN5O2S. The molecule has 0 aliphatic rings. The lowest BCUT2D eigenvalue weighted by Crippen LogP contribution is -2.25. The Labute approximate surface area is 172 Å². The van der Waals surface area contributed by atoms with Crippen LogP contribution in [0.5, 0.6) is 5.75 Å². The van der Waals surface area contributed by atoms with Crippen molar-refractivity contribution in [2.75, 3.05) is 25.7 Å². The van der Waals surface area contributed by atoms with Crippen LogP contribution in [-0.4, -0.2) is 51.3 Å². The molecule has 0 aliphatic carbocycles. The molecule has 0 radical (unpaired) electrons. The monoisotopic (exact) mass is 415 g/mol. The molecule has 0 fully saturated rings. The minimum Gasteiger partial charge on any atom is -0.494 e. The standard InChI is InChI=1S/C20H22FN5O2S/c1-13-15(19(27)22-8-4-10-29-3)12-24-26(13)20-23-9-7-17(25-20)14-5-6-18(28-2)16(21)11-14/h5-7,9,11-12H,4,8,10H2,1-3H3,(H,22,27). The van der Waals surface area contributed by atoms with Gasteiger partial charge in [-0.3, -0.25) is 4.79 Å². The maximum Gasteiger partial charge on any atom is 0.254 e. The fraction of sp³-hybridized carbons (Fsp3) is 0.300. The lowest BCUT2D eigenvalue weighted by Gasteiger charge is -2.08. The highest BCUT2D eigenvalue weighted by Gasteiger charge is 2.17. The molecule has 1 N–H and O–H groups in total. The van der Waals surface area contributed by atoms with E-state index in [0.29, 0.717) is 35.0 Å². The number of hydrogen-bond donors (Lipinski definition) is 1. The number of nitrogens with zero attached hydrogens (tertiary/aromatic N) is 4. The minimum absolute atomic E-state index is 0.166. The number of carbonyl (C=O) groups is 1. The van der Waals surface area contributed by atoms with Crippen molar-refractivity contribution >= 4 is 17.7 Å². The number of carbonyl (C=O) groups excluding carboxylic acids is 1. The van der Waals surface area contributed by atoms with Crippen molar-refractivity contribution in [2.45, 2.75) is 13.3 Å². The molecular weight excluding hydrogens is 393 g/mol. The van der Waals surface area contributed by atoms with E-state index in [9.17, 15) is 9.18 Å². The van der Waals surface area contributed by atoms with Gasteiger partial charge < -0.3 is 10.1 Å². The smallest absolute Gasteiger partial charge is 0.254 e. The van der Waals surface area contributed by atoms with Gasteiger partial charge in [-0.25, -0.2) is 19.0 Å². The summed E-state index contributed by atoms with van der Waals surface area (Å²) in [6.45, 7) is 2.40. The average Bonchev–Trinajstić information content (AvgIpc) is 3.12. The fourth-order valence-electron chi connectivity index (χ4n) is 2.78. The van der Waals surface area contributed by atoms with Crippen LogP contribution < -0.4 is 10.1 Å². The van der Waals surface area contributed by atoms with Gasteiger partial charge in [-0.05, 0) is 49.6 Å². The van der Waals surface area contributed by atoms with Gasteiger partial charge >= 0.3 is 0 Å². The van der Waals surface area contributed by atoms with Crippen molar-refractivity contribution in [1.82, 2.24) is 25.1 Å². The summed E-state index contributed by atoms with van der Waals surface area (Å²) >= 11 is 1.74. The summed E-state index contributed by atoms with van der Waals surface area (Å²) in [5.74, 6) is 0.811. The van der Waals surface area contributed by atoms with Gasteiger partial charge in [-0.15, -0.1) is 0 Å². The Morgan fingerprint density at radius 3 is 2.90 bits per heavy atom. The first-order valence-electron chi connectivity index (χ1n) is 9.04. The van der Waals surface area contributed by atoms with E-state index in [2.05, 4.69) is 20.4 Å². The van der Waals surface area contributed by atoms with E-state index < -0.39 is 5.82 Å². The summed E-state index contributed by atoms with van der Waals surface area (Å²) < 4.78 is 20.5. The van der Waals surface area contributed by atoms with Crippen LogP contribution in [0.4, 0.5) is 4.39 Å². The van der Waals surface area contributed by atoms with Crippen molar-refractivity contribution in [1.29, 1.82) is 0 Å². The van der Waals surface area contributed by atoms with Gasteiger partial charge in [0.2, 0.25) is 0 Å². The SMILES string of the molecule is COc1ccc(-c2ccnc(-n3ncc(C(=O)NCCCSC)c3C)n2)cc1F. The van der Waals surface area contributed by atoms with Gasteiger partial charge in [-0.1, -0.05) is 0 Å². The Hall–Kier alpha value is -2.94. The first-order chi connectivity index (χ1) is 14.0. The molecule has 1 amide bonds. The predicted octanol–water partition coefficient (Wildman–Crippen LogP) is 3.27. The molecule has 0 saturated carbocycles. The Bertz CT molecular complexity index is 1010. The minimum atomic E-state index is -0.471. The topological polar surface area (TPSA) is 81.9 Å². The Balaban J connectivity index is 1.83. The molecule has 0 aliphatic heterocycles. The summed E-state index contributed by atoms with van der Waals surface area (Å²) in [4.78, 5) is 21.1. The number of thioether (sulfide) groups is 1. The number of aromatic nitrogens is 4. The van der Waals surface area contributed by atoms with E-state index >= 15 is 0 Å². The lowest BCUT2D eigenvalue weighted by molar-refractivity contribution is 0.0953. The zero-order valence-corrected chi connectivity index (χ0v) is 17.3. The molecule has 0 bridgehead atoms. The first kappa shape index (κ1) is 20.8. The number of amides is 1. The Kier molecular flexibility index (Phi) is 6.82. The van der Waals surface area contributed by atoms with Gasteiger partial charge in [0.15, 0.2) is 11.6 Å². The van der Waals surface area contributed by atoms with Gasteiger partial charge in [-0.2, -0.15) is 16.9 Å². The van der Waals surface area contributed by atoms with Crippen LogP contribution in [0, 0.1) is 12.7 Å². The molecule has 3 rings (SSSR count). The maximum atomic E-state index is 14.0. The van der Waals surface area contributed by atoms with E-state index in [1.165, 1.54) is 24.1 Å². The third kappa shape index (κ3) is 4.73. The summed E-state index contributed by atoms with van der Waals surface area (Å²) in [5, 5.41) is 7.16. The van der Waals surface area contributed by atoms with E-state index in [0.717, 1.165) is 12.2 Å². The van der Waals surface area contributed by atoms with Crippen LogP contribution >= 0.6 is 11.8 Å². The predicted molar refractivity (Wildman–Crippen MR) is 111 cm³/mol. The summed E-state index contributed by atoms with van der Waals surface area (Å²) in [7, 11) is 1.41. The average molecular weight is 415 g/mol. The molecule has 2 aromatic heterocycles. The van der Waals surface area contributed by atoms with Crippen molar-refractivity contribution in [3.8, 4) is 23.0 Å². The van der Waals surface area contributed by atoms with Crippen molar-refractivity contribution in [3.63, 3.8) is 0 Å². The number of methoxy groups -OCH3 is 1. The number of ether oxygens (including phenoxy) is 1. The quantitative estimate of drug-likeness (QED) is 0.569. The van der Waals surface area contributed by atoms with Crippen LogP contribution in [0.3, 0.4) is 0 Å². The van der Waals surface area contributed by atoms with Crippen LogP contribution in [0.1, 0.15) is 22.5 Å². The first-order valence-corrected chi connectivity index (χ1v) is 10.4. The van der Waals surface area contributed by atoms with Gasteiger partial charge in [0.1, 0.15) is 0 Å². The molecule has 0 unspecified atom stereocenters. The fourth-order valence-corrected chi connectivity index (χ4v) is 3.22. The zero-order chi connectivity index (χ0) is 20.8. The van der Waals surface area contributed by atoms with Gasteiger partial charge in [0, 0.05) is 18.3 Å². The summed E-state index contributed by atoms with van der Waals surface area (Å²) in [6, 6.07) is 6.31. The highest BCUT2D eigenvalue weighted by atomic mass is 32.2. The number of rotatable bonds is 8. The lowest BCUT2D eigenvalue weighted by atomic mass is 10.1. The molecule has 0 spiro atoms. The van der Waals surface area contributed by atoms with Crippen LogP contribution in [-0.2, 0) is 0 Å². The van der Waals surface area contributed by atoms with Crippen LogP contribution in [0.15, 0.2) is 36.7 Å². The molecule has 2 heterocycles. The second-order valence-corrected chi connectivity index (χ2v) is 7.23. The molecule has 7 nitrogen and oxygen atoms in total. The second-order valence-electron chi connectivity index (χ2n) is 6.25. The second kappa shape index (κ2) is 9.51. The highest BCUT2D eigenvalue weighted by molar-refractivity contribution is 7.98. The van der Waals surface area contributed by atoms with Crippen molar-refractivity contribution in [2.24, 2.45) is 0 Å². The number of benzene rings is 1. The van der Waals surface area contributed by atoms with Gasteiger partial charge in [0.05, 0.1) is 30.3 Å². The number of hydrogen-bond acceptors (Lipinski definition) is 6.